The van der Waals surface area contributed by atoms with Crippen molar-refractivity contribution in [1.29, 1.82) is 0 Å². The number of rotatable bonds is 3. The summed E-state index contributed by atoms with van der Waals surface area (Å²) in [6, 6.07) is 8.55. The Hall–Kier alpha value is -3.16. The number of hydrogen-bond donors (Lipinski definition) is 2. The molecule has 0 spiro atoms. The summed E-state index contributed by atoms with van der Waals surface area (Å²) in [5.74, 6) is -1.62. The molecule has 1 aromatic carbocycles. The molecular formula is C15H14N4O4. The number of carbonyl (C=O) groups is 3. The summed E-state index contributed by atoms with van der Waals surface area (Å²) in [6.07, 6.45) is 0. The predicted molar refractivity (Wildman–Crippen MR) is 81.0 cm³/mol. The zero-order valence-corrected chi connectivity index (χ0v) is 12.3. The monoisotopic (exact) mass is 314 g/mol. The number of H-pyrrole nitrogens is 1. The van der Waals surface area contributed by atoms with Crippen molar-refractivity contribution in [3.63, 3.8) is 0 Å². The van der Waals surface area contributed by atoms with Crippen LogP contribution in [0.4, 0.5) is 5.69 Å². The Morgan fingerprint density at radius 1 is 1.22 bits per heavy atom. The zero-order valence-electron chi connectivity index (χ0n) is 12.3. The lowest BCUT2D eigenvalue weighted by molar-refractivity contribution is -0.143. The van der Waals surface area contributed by atoms with E-state index in [4.69, 9.17) is 5.11 Å². The van der Waals surface area contributed by atoms with Crippen LogP contribution in [0, 0.1) is 0 Å². The smallest absolute Gasteiger partial charge is 0.353 e. The number of hydrogen-bond acceptors (Lipinski definition) is 5. The van der Waals surface area contributed by atoms with Gasteiger partial charge in [0.25, 0.3) is 0 Å². The van der Waals surface area contributed by atoms with Gasteiger partial charge in [-0.1, -0.05) is 12.1 Å². The van der Waals surface area contributed by atoms with Crippen molar-refractivity contribution < 1.29 is 19.5 Å². The van der Waals surface area contributed by atoms with Crippen LogP contribution >= 0.6 is 0 Å². The Balaban J connectivity index is 1.89. The lowest BCUT2D eigenvalue weighted by atomic mass is 10.1. The fraction of sp³-hybridized carbons (Fsp3) is 0.200. The number of aromatic amines is 1. The van der Waals surface area contributed by atoms with Gasteiger partial charge in [0.05, 0.1) is 18.8 Å². The maximum atomic E-state index is 11.8. The Bertz CT molecular complexity index is 780. The molecule has 1 aromatic heterocycles. The van der Waals surface area contributed by atoms with E-state index in [0.29, 0.717) is 16.9 Å². The molecule has 118 valence electrons. The summed E-state index contributed by atoms with van der Waals surface area (Å²) in [5.41, 5.74) is 1.88. The number of anilines is 1. The van der Waals surface area contributed by atoms with E-state index in [9.17, 15) is 14.4 Å². The van der Waals surface area contributed by atoms with Gasteiger partial charge in [-0.15, -0.1) is 0 Å². The van der Waals surface area contributed by atoms with Crippen LogP contribution in [0.1, 0.15) is 10.5 Å². The molecule has 23 heavy (non-hydrogen) atoms. The second-order valence-corrected chi connectivity index (χ2v) is 5.22. The lowest BCUT2D eigenvalue weighted by Crippen LogP contribution is -2.52. The molecule has 2 heterocycles. The number of amides is 2. The van der Waals surface area contributed by atoms with E-state index in [0.717, 1.165) is 4.90 Å². The Morgan fingerprint density at radius 2 is 1.91 bits per heavy atom. The minimum Gasteiger partial charge on any atom is -0.477 e. The maximum Gasteiger partial charge on any atom is 0.353 e. The molecule has 8 nitrogen and oxygen atoms in total. The second-order valence-electron chi connectivity index (χ2n) is 5.22. The lowest BCUT2D eigenvalue weighted by Gasteiger charge is -2.32. The first-order valence-electron chi connectivity index (χ1n) is 6.89. The van der Waals surface area contributed by atoms with Crippen molar-refractivity contribution in [2.75, 3.05) is 25.0 Å². The van der Waals surface area contributed by atoms with Crippen molar-refractivity contribution in [1.82, 2.24) is 15.1 Å². The summed E-state index contributed by atoms with van der Waals surface area (Å²) < 4.78 is 0. The third-order valence-corrected chi connectivity index (χ3v) is 3.72. The molecule has 8 heteroatoms. The first-order chi connectivity index (χ1) is 11.0. The van der Waals surface area contributed by atoms with Crippen LogP contribution in [0.3, 0.4) is 0 Å². The molecule has 2 aromatic rings. The van der Waals surface area contributed by atoms with E-state index >= 15 is 0 Å². The molecule has 1 fully saturated rings. The molecule has 1 aliphatic rings. The first kappa shape index (κ1) is 14.8. The summed E-state index contributed by atoms with van der Waals surface area (Å²) in [7, 11) is 1.47. The number of piperazine rings is 1. The molecule has 2 N–H and O–H groups in total. The van der Waals surface area contributed by atoms with Gasteiger partial charge in [0.15, 0.2) is 0 Å². The zero-order chi connectivity index (χ0) is 16.6. The third kappa shape index (κ3) is 2.78. The van der Waals surface area contributed by atoms with E-state index in [2.05, 4.69) is 10.2 Å². The van der Waals surface area contributed by atoms with Crippen molar-refractivity contribution in [2.24, 2.45) is 0 Å². The molecule has 0 saturated carbocycles. The van der Waals surface area contributed by atoms with Crippen LogP contribution in [0.25, 0.3) is 11.3 Å². The number of nitrogens with zero attached hydrogens (tertiary/aromatic N) is 3. The van der Waals surface area contributed by atoms with Crippen molar-refractivity contribution >= 4 is 23.5 Å². The highest BCUT2D eigenvalue weighted by atomic mass is 16.4. The van der Waals surface area contributed by atoms with Gasteiger partial charge in [-0.05, 0) is 18.2 Å². The van der Waals surface area contributed by atoms with Crippen molar-refractivity contribution in [2.45, 2.75) is 0 Å². The minimum atomic E-state index is -1.09. The number of nitrogens with one attached hydrogen (secondary N) is 1. The number of aromatic nitrogens is 2. The maximum absolute atomic E-state index is 11.8. The quantitative estimate of drug-likeness (QED) is 0.803. The Kier molecular flexibility index (Phi) is 3.57. The van der Waals surface area contributed by atoms with Gasteiger partial charge in [0, 0.05) is 18.3 Å². The van der Waals surface area contributed by atoms with E-state index in [1.165, 1.54) is 13.1 Å². The van der Waals surface area contributed by atoms with Gasteiger partial charge in [-0.3, -0.25) is 19.6 Å². The average Bonchev–Trinajstić information content (AvgIpc) is 3.02. The third-order valence-electron chi connectivity index (χ3n) is 3.72. The largest absolute Gasteiger partial charge is 0.477 e. The van der Waals surface area contributed by atoms with Gasteiger partial charge < -0.3 is 10.0 Å². The van der Waals surface area contributed by atoms with Gasteiger partial charge >= 0.3 is 5.97 Å². The van der Waals surface area contributed by atoms with E-state index in [1.54, 1.807) is 29.2 Å². The van der Waals surface area contributed by atoms with E-state index in [-0.39, 0.29) is 30.6 Å². The SMILES string of the molecule is CN1C(=O)CN(c2cccc(-c3cc(C(=O)O)[nH]n3)c2)CC1=O. The highest BCUT2D eigenvalue weighted by Gasteiger charge is 2.28. The highest BCUT2D eigenvalue weighted by Crippen LogP contribution is 2.25. The topological polar surface area (TPSA) is 107 Å². The molecule has 2 amide bonds. The number of carboxylic acid groups (broad SMARTS) is 1. The van der Waals surface area contributed by atoms with Crippen LogP contribution in [0.15, 0.2) is 30.3 Å². The molecule has 0 atom stereocenters. The van der Waals surface area contributed by atoms with Crippen LogP contribution < -0.4 is 4.90 Å². The van der Waals surface area contributed by atoms with Crippen molar-refractivity contribution in [3.05, 3.63) is 36.0 Å². The fourth-order valence-electron chi connectivity index (χ4n) is 2.36. The van der Waals surface area contributed by atoms with Gasteiger partial charge in [-0.25, -0.2) is 4.79 Å². The molecule has 0 radical (unpaired) electrons. The van der Waals surface area contributed by atoms with Gasteiger partial charge in [0.2, 0.25) is 11.8 Å². The number of carboxylic acids is 1. The number of likely N-dealkylation sites (N-methyl/N-ethyl adjacent to an activating group) is 1. The molecule has 3 rings (SSSR count). The number of benzene rings is 1. The van der Waals surface area contributed by atoms with Crippen LogP contribution in [-0.2, 0) is 9.59 Å². The summed E-state index contributed by atoms with van der Waals surface area (Å²) >= 11 is 0. The van der Waals surface area contributed by atoms with Gasteiger partial charge in [0.1, 0.15) is 5.69 Å². The summed E-state index contributed by atoms with van der Waals surface area (Å²) in [5, 5.41) is 15.3. The minimum absolute atomic E-state index is 0.00430. The number of aromatic carboxylic acids is 1. The molecule has 0 aliphatic carbocycles. The summed E-state index contributed by atoms with van der Waals surface area (Å²) in [4.78, 5) is 37.3. The second kappa shape index (κ2) is 5.56. The fourth-order valence-corrected chi connectivity index (χ4v) is 2.36. The highest BCUT2D eigenvalue weighted by molar-refractivity contribution is 6.02. The Morgan fingerprint density at radius 3 is 2.52 bits per heavy atom. The van der Waals surface area contributed by atoms with Crippen molar-refractivity contribution in [3.8, 4) is 11.3 Å². The molecule has 1 saturated heterocycles. The normalized spacial score (nSPS) is 15.2. The molecular weight excluding hydrogens is 300 g/mol. The molecule has 1 aliphatic heterocycles. The number of carbonyl (C=O) groups excluding carboxylic acids is 2. The molecule has 0 unspecified atom stereocenters. The average molecular weight is 314 g/mol. The van der Waals surface area contributed by atoms with Gasteiger partial charge in [-0.2, -0.15) is 5.10 Å². The summed E-state index contributed by atoms with van der Waals surface area (Å²) in [6.45, 7) is 0.235. The number of imide groups is 1. The Labute approximate surface area is 131 Å². The van der Waals surface area contributed by atoms with E-state index in [1.807, 2.05) is 0 Å². The standard InChI is InChI=1S/C15H14N4O4/c1-18-13(20)7-19(8-14(18)21)10-4-2-3-9(5-10)11-6-12(15(22)23)17-16-11/h2-6H,7-8H2,1H3,(H,16,17)(H,22,23). The van der Waals surface area contributed by atoms with Crippen LogP contribution in [-0.4, -0.2) is 58.1 Å². The first-order valence-corrected chi connectivity index (χ1v) is 6.89. The predicted octanol–water partition coefficient (Wildman–Crippen LogP) is 0.580. The van der Waals surface area contributed by atoms with E-state index < -0.39 is 5.97 Å². The van der Waals surface area contributed by atoms with Crippen LogP contribution in [0.5, 0.6) is 0 Å². The van der Waals surface area contributed by atoms with Crippen LogP contribution in [0.2, 0.25) is 0 Å². The molecule has 0 bridgehead atoms.